The maximum absolute atomic E-state index is 12.7. The van der Waals surface area contributed by atoms with Crippen LogP contribution in [0.2, 0.25) is 0 Å². The van der Waals surface area contributed by atoms with E-state index in [0.717, 1.165) is 12.1 Å². The summed E-state index contributed by atoms with van der Waals surface area (Å²) in [6.45, 7) is 0. The molecule has 0 aliphatic carbocycles. The number of rotatable bonds is 4. The van der Waals surface area contributed by atoms with Gasteiger partial charge in [0.05, 0.1) is 5.56 Å². The number of amides is 2. The van der Waals surface area contributed by atoms with E-state index in [1.165, 1.54) is 37.5 Å². The number of aromatic nitrogens is 1. The van der Waals surface area contributed by atoms with Gasteiger partial charge in [-0.05, 0) is 29.8 Å². The van der Waals surface area contributed by atoms with Crippen LogP contribution in [0, 0.1) is 0 Å². The standard InChI is InChI=1S/C16H14F3N3O2/c1-20-14(23)8-15(24)22-13-6-5-11(9-21-13)10-3-2-4-12(7-10)16(17,18)19/h2-7,9H,8H2,1H3,(H,20,23)(H,21,22,24). The summed E-state index contributed by atoms with van der Waals surface area (Å²) in [6.07, 6.45) is -3.41. The molecule has 2 amide bonds. The molecule has 0 aliphatic heterocycles. The van der Waals surface area contributed by atoms with E-state index < -0.39 is 23.6 Å². The van der Waals surface area contributed by atoms with Crippen molar-refractivity contribution in [2.45, 2.75) is 12.6 Å². The molecule has 5 nitrogen and oxygen atoms in total. The molecule has 0 saturated carbocycles. The van der Waals surface area contributed by atoms with Gasteiger partial charge in [0, 0.05) is 18.8 Å². The zero-order valence-electron chi connectivity index (χ0n) is 12.6. The average molecular weight is 337 g/mol. The van der Waals surface area contributed by atoms with E-state index in [1.54, 1.807) is 0 Å². The Balaban J connectivity index is 2.12. The maximum Gasteiger partial charge on any atom is 0.416 e. The lowest BCUT2D eigenvalue weighted by molar-refractivity contribution is -0.137. The maximum atomic E-state index is 12.7. The van der Waals surface area contributed by atoms with Crippen LogP contribution in [-0.2, 0) is 15.8 Å². The van der Waals surface area contributed by atoms with Gasteiger partial charge in [-0.15, -0.1) is 0 Å². The molecule has 1 aromatic heterocycles. The number of benzene rings is 1. The van der Waals surface area contributed by atoms with Gasteiger partial charge in [0.2, 0.25) is 11.8 Å². The number of halogens is 3. The Morgan fingerprint density at radius 2 is 1.83 bits per heavy atom. The second-order valence-electron chi connectivity index (χ2n) is 4.91. The summed E-state index contributed by atoms with van der Waals surface area (Å²) in [5.74, 6) is -0.763. The number of hydrogen-bond acceptors (Lipinski definition) is 3. The van der Waals surface area contributed by atoms with Gasteiger partial charge >= 0.3 is 6.18 Å². The van der Waals surface area contributed by atoms with Crippen molar-refractivity contribution in [3.8, 4) is 11.1 Å². The Bertz CT molecular complexity index is 743. The normalized spacial score (nSPS) is 11.0. The molecule has 1 aromatic carbocycles. The first-order valence-corrected chi connectivity index (χ1v) is 6.93. The highest BCUT2D eigenvalue weighted by molar-refractivity contribution is 6.03. The molecule has 0 radical (unpaired) electrons. The molecule has 0 saturated heterocycles. The molecule has 0 spiro atoms. The lowest BCUT2D eigenvalue weighted by Crippen LogP contribution is -2.25. The van der Waals surface area contributed by atoms with Crippen LogP contribution in [-0.4, -0.2) is 23.8 Å². The number of carbonyl (C=O) groups is 2. The minimum absolute atomic E-state index is 0.208. The van der Waals surface area contributed by atoms with Gasteiger partial charge in [0.25, 0.3) is 0 Å². The van der Waals surface area contributed by atoms with E-state index in [2.05, 4.69) is 15.6 Å². The lowest BCUT2D eigenvalue weighted by atomic mass is 10.0. The summed E-state index contributed by atoms with van der Waals surface area (Å²) in [5, 5.41) is 4.75. The number of anilines is 1. The first-order valence-electron chi connectivity index (χ1n) is 6.93. The van der Waals surface area contributed by atoms with Crippen LogP contribution in [0.4, 0.5) is 19.0 Å². The minimum Gasteiger partial charge on any atom is -0.359 e. The van der Waals surface area contributed by atoms with Crippen LogP contribution in [0.15, 0.2) is 42.6 Å². The van der Waals surface area contributed by atoms with E-state index >= 15 is 0 Å². The van der Waals surface area contributed by atoms with Crippen molar-refractivity contribution in [2.24, 2.45) is 0 Å². The van der Waals surface area contributed by atoms with Gasteiger partial charge in [0.1, 0.15) is 12.2 Å². The molecule has 0 unspecified atom stereocenters. The van der Waals surface area contributed by atoms with Crippen LogP contribution >= 0.6 is 0 Å². The predicted octanol–water partition coefficient (Wildman–Crippen LogP) is 2.84. The highest BCUT2D eigenvalue weighted by Crippen LogP contribution is 2.32. The van der Waals surface area contributed by atoms with Crippen molar-refractivity contribution in [1.29, 1.82) is 0 Å². The number of hydrogen-bond donors (Lipinski definition) is 2. The molecule has 2 N–H and O–H groups in total. The van der Waals surface area contributed by atoms with Gasteiger partial charge in [-0.1, -0.05) is 12.1 Å². The monoisotopic (exact) mass is 337 g/mol. The van der Waals surface area contributed by atoms with Gasteiger partial charge in [-0.2, -0.15) is 13.2 Å². The Morgan fingerprint density at radius 3 is 2.42 bits per heavy atom. The summed E-state index contributed by atoms with van der Waals surface area (Å²) in [5.41, 5.74) is 0.0916. The fraction of sp³-hybridized carbons (Fsp3) is 0.188. The molecule has 2 aromatic rings. The predicted molar refractivity (Wildman–Crippen MR) is 82.0 cm³/mol. The van der Waals surface area contributed by atoms with E-state index in [-0.39, 0.29) is 12.2 Å². The van der Waals surface area contributed by atoms with Crippen LogP contribution in [0.25, 0.3) is 11.1 Å². The molecule has 24 heavy (non-hydrogen) atoms. The average Bonchev–Trinajstić information content (AvgIpc) is 2.54. The first-order chi connectivity index (χ1) is 11.3. The van der Waals surface area contributed by atoms with E-state index in [1.807, 2.05) is 0 Å². The summed E-state index contributed by atoms with van der Waals surface area (Å²) in [4.78, 5) is 26.6. The quantitative estimate of drug-likeness (QED) is 0.843. The number of pyridine rings is 1. The van der Waals surface area contributed by atoms with Crippen LogP contribution in [0.1, 0.15) is 12.0 Å². The Morgan fingerprint density at radius 1 is 1.08 bits per heavy atom. The van der Waals surface area contributed by atoms with Gasteiger partial charge in [-0.3, -0.25) is 9.59 Å². The summed E-state index contributed by atoms with van der Waals surface area (Å²) in [7, 11) is 1.41. The third-order valence-electron chi connectivity index (χ3n) is 3.15. The largest absolute Gasteiger partial charge is 0.416 e. The highest BCUT2D eigenvalue weighted by Gasteiger charge is 2.30. The Labute approximate surface area is 135 Å². The lowest BCUT2D eigenvalue weighted by Gasteiger charge is -2.09. The van der Waals surface area contributed by atoms with Crippen molar-refractivity contribution in [3.63, 3.8) is 0 Å². The van der Waals surface area contributed by atoms with Crippen molar-refractivity contribution < 1.29 is 22.8 Å². The SMILES string of the molecule is CNC(=O)CC(=O)Nc1ccc(-c2cccc(C(F)(F)F)c2)cn1. The number of nitrogens with zero attached hydrogens (tertiary/aromatic N) is 1. The van der Waals surface area contributed by atoms with Crippen LogP contribution < -0.4 is 10.6 Å². The molecule has 0 aliphatic rings. The zero-order chi connectivity index (χ0) is 17.7. The second kappa shape index (κ2) is 7.12. The van der Waals surface area contributed by atoms with Crippen LogP contribution in [0.3, 0.4) is 0 Å². The second-order valence-corrected chi connectivity index (χ2v) is 4.91. The highest BCUT2D eigenvalue weighted by atomic mass is 19.4. The fourth-order valence-electron chi connectivity index (χ4n) is 1.93. The number of nitrogens with one attached hydrogen (secondary N) is 2. The summed E-state index contributed by atoms with van der Waals surface area (Å²) in [6, 6.07) is 7.87. The summed E-state index contributed by atoms with van der Waals surface area (Å²) < 4.78 is 38.2. The number of alkyl halides is 3. The molecule has 1 heterocycles. The van der Waals surface area contributed by atoms with Crippen molar-refractivity contribution >= 4 is 17.6 Å². The van der Waals surface area contributed by atoms with Gasteiger partial charge < -0.3 is 10.6 Å². The zero-order valence-corrected chi connectivity index (χ0v) is 12.6. The van der Waals surface area contributed by atoms with Crippen molar-refractivity contribution in [2.75, 3.05) is 12.4 Å². The van der Waals surface area contributed by atoms with E-state index in [0.29, 0.717) is 11.1 Å². The molecule has 2 rings (SSSR count). The smallest absolute Gasteiger partial charge is 0.359 e. The van der Waals surface area contributed by atoms with Crippen LogP contribution in [0.5, 0.6) is 0 Å². The third kappa shape index (κ3) is 4.55. The van der Waals surface area contributed by atoms with Gasteiger partial charge in [-0.25, -0.2) is 4.98 Å². The van der Waals surface area contributed by atoms with E-state index in [9.17, 15) is 22.8 Å². The third-order valence-corrected chi connectivity index (χ3v) is 3.15. The van der Waals surface area contributed by atoms with Gasteiger partial charge in [0.15, 0.2) is 0 Å². The van der Waals surface area contributed by atoms with Crippen molar-refractivity contribution in [3.05, 3.63) is 48.2 Å². The molecule has 126 valence electrons. The summed E-state index contributed by atoms with van der Waals surface area (Å²) >= 11 is 0. The molecule has 0 atom stereocenters. The Kier molecular flexibility index (Phi) is 5.18. The van der Waals surface area contributed by atoms with E-state index in [4.69, 9.17) is 0 Å². The number of carbonyl (C=O) groups excluding carboxylic acids is 2. The fourth-order valence-corrected chi connectivity index (χ4v) is 1.93. The van der Waals surface area contributed by atoms with Crippen molar-refractivity contribution in [1.82, 2.24) is 10.3 Å². The molecular formula is C16H14F3N3O2. The first kappa shape index (κ1) is 17.5. The molecule has 8 heteroatoms. The molecule has 0 fully saturated rings. The molecule has 0 bridgehead atoms. The minimum atomic E-state index is -4.42. The molecular weight excluding hydrogens is 323 g/mol. The Hall–Kier alpha value is -2.90. The topological polar surface area (TPSA) is 71.1 Å².